The molecule has 1 atom stereocenters. The molecule has 1 unspecified atom stereocenters. The van der Waals surface area contributed by atoms with Crippen LogP contribution in [0.4, 0.5) is 18.3 Å². The molecule has 1 saturated heterocycles. The van der Waals surface area contributed by atoms with Crippen LogP contribution in [0.3, 0.4) is 0 Å². The first kappa shape index (κ1) is 12.6. The molecule has 1 aliphatic heterocycles. The summed E-state index contributed by atoms with van der Waals surface area (Å²) in [4.78, 5) is 1.86. The number of anilines is 1. The molecule has 0 saturated carbocycles. The van der Waals surface area contributed by atoms with Gasteiger partial charge in [-0.25, -0.2) is 0 Å². The molecule has 0 bridgehead atoms. The summed E-state index contributed by atoms with van der Waals surface area (Å²) in [5.41, 5.74) is 0. The SMILES string of the molecule is CNC1CCCN(c2nnc(C(F)(F)F)s2)C1. The minimum absolute atomic E-state index is 0.307. The molecule has 8 heteroatoms. The Labute approximate surface area is 101 Å². The van der Waals surface area contributed by atoms with Gasteiger partial charge in [0.1, 0.15) is 0 Å². The normalized spacial score (nSPS) is 21.9. The minimum atomic E-state index is -4.39. The third kappa shape index (κ3) is 2.86. The zero-order valence-electron chi connectivity index (χ0n) is 9.29. The second-order valence-corrected chi connectivity index (χ2v) is 4.92. The van der Waals surface area contributed by atoms with E-state index in [1.54, 1.807) is 0 Å². The van der Waals surface area contributed by atoms with Crippen LogP contribution in [-0.2, 0) is 6.18 Å². The van der Waals surface area contributed by atoms with Crippen molar-refractivity contribution in [3.05, 3.63) is 5.01 Å². The quantitative estimate of drug-likeness (QED) is 0.885. The molecule has 0 radical (unpaired) electrons. The van der Waals surface area contributed by atoms with Gasteiger partial charge in [-0.1, -0.05) is 11.3 Å². The van der Waals surface area contributed by atoms with Gasteiger partial charge in [-0.05, 0) is 19.9 Å². The van der Waals surface area contributed by atoms with Gasteiger partial charge < -0.3 is 10.2 Å². The van der Waals surface area contributed by atoms with Crippen molar-refractivity contribution in [2.45, 2.75) is 25.1 Å². The maximum absolute atomic E-state index is 12.4. The van der Waals surface area contributed by atoms with Gasteiger partial charge in [0, 0.05) is 19.1 Å². The van der Waals surface area contributed by atoms with Crippen LogP contribution >= 0.6 is 11.3 Å². The molecule has 0 aliphatic carbocycles. The lowest BCUT2D eigenvalue weighted by atomic mass is 10.1. The lowest BCUT2D eigenvalue weighted by molar-refractivity contribution is -0.138. The van der Waals surface area contributed by atoms with Gasteiger partial charge in [0.25, 0.3) is 0 Å². The van der Waals surface area contributed by atoms with Crippen molar-refractivity contribution in [3.8, 4) is 0 Å². The molecule has 0 aromatic carbocycles. The first-order valence-electron chi connectivity index (χ1n) is 5.33. The Balaban J connectivity index is 2.09. The van der Waals surface area contributed by atoms with Crippen LogP contribution in [0.5, 0.6) is 0 Å². The lowest BCUT2D eigenvalue weighted by Crippen LogP contribution is -2.44. The number of likely N-dealkylation sites (N-methyl/N-ethyl adjacent to an activating group) is 1. The molecule has 0 amide bonds. The fourth-order valence-corrected chi connectivity index (χ4v) is 2.59. The third-order valence-electron chi connectivity index (χ3n) is 2.76. The van der Waals surface area contributed by atoms with E-state index in [1.807, 2.05) is 11.9 Å². The van der Waals surface area contributed by atoms with E-state index in [-0.39, 0.29) is 0 Å². The highest BCUT2D eigenvalue weighted by molar-refractivity contribution is 7.15. The maximum Gasteiger partial charge on any atom is 0.445 e. The first-order chi connectivity index (χ1) is 8.00. The Hall–Kier alpha value is -0.890. The number of hydrogen-bond acceptors (Lipinski definition) is 5. The van der Waals surface area contributed by atoms with Gasteiger partial charge in [-0.15, -0.1) is 10.2 Å². The second kappa shape index (κ2) is 4.77. The topological polar surface area (TPSA) is 41.0 Å². The zero-order chi connectivity index (χ0) is 12.5. The molecule has 0 spiro atoms. The monoisotopic (exact) mass is 266 g/mol. The van der Waals surface area contributed by atoms with Gasteiger partial charge in [0.05, 0.1) is 0 Å². The third-order valence-corrected chi connectivity index (χ3v) is 3.79. The number of nitrogens with one attached hydrogen (secondary N) is 1. The Bertz CT molecular complexity index is 379. The summed E-state index contributed by atoms with van der Waals surface area (Å²) in [5, 5.41) is 9.43. The Morgan fingerprint density at radius 3 is 2.76 bits per heavy atom. The number of alkyl halides is 3. The van der Waals surface area contributed by atoms with Crippen molar-refractivity contribution >= 4 is 16.5 Å². The fraction of sp³-hybridized carbons (Fsp3) is 0.778. The number of rotatable bonds is 2. The van der Waals surface area contributed by atoms with E-state index >= 15 is 0 Å². The number of hydrogen-bond donors (Lipinski definition) is 1. The molecule has 2 heterocycles. The van der Waals surface area contributed by atoms with Gasteiger partial charge in [-0.2, -0.15) is 13.2 Å². The fourth-order valence-electron chi connectivity index (χ4n) is 1.84. The van der Waals surface area contributed by atoms with Crippen LogP contribution in [0.15, 0.2) is 0 Å². The van der Waals surface area contributed by atoms with Crippen LogP contribution in [0.2, 0.25) is 0 Å². The summed E-state index contributed by atoms with van der Waals surface area (Å²) in [7, 11) is 1.86. The molecule has 96 valence electrons. The summed E-state index contributed by atoms with van der Waals surface area (Å²) >= 11 is 0.610. The maximum atomic E-state index is 12.4. The number of halogens is 3. The highest BCUT2D eigenvalue weighted by Gasteiger charge is 2.36. The van der Waals surface area contributed by atoms with Crippen LogP contribution < -0.4 is 10.2 Å². The van der Waals surface area contributed by atoms with Gasteiger partial charge in [0.15, 0.2) is 0 Å². The van der Waals surface area contributed by atoms with Gasteiger partial charge in [0.2, 0.25) is 10.1 Å². The molecule has 17 heavy (non-hydrogen) atoms. The molecule has 2 rings (SSSR count). The van der Waals surface area contributed by atoms with E-state index in [1.165, 1.54) is 0 Å². The molecule has 1 aromatic rings. The van der Waals surface area contributed by atoms with Crippen LogP contribution in [0.1, 0.15) is 17.8 Å². The lowest BCUT2D eigenvalue weighted by Gasteiger charge is -2.31. The van der Waals surface area contributed by atoms with E-state index < -0.39 is 11.2 Å². The number of nitrogens with zero attached hydrogens (tertiary/aromatic N) is 3. The molecular weight excluding hydrogens is 253 g/mol. The summed E-state index contributed by atoms with van der Waals surface area (Å²) in [6.07, 6.45) is -2.40. The molecule has 1 fully saturated rings. The smallest absolute Gasteiger partial charge is 0.345 e. The minimum Gasteiger partial charge on any atom is -0.345 e. The highest BCUT2D eigenvalue weighted by atomic mass is 32.1. The second-order valence-electron chi connectivity index (χ2n) is 3.96. The highest BCUT2D eigenvalue weighted by Crippen LogP contribution is 2.34. The predicted octanol–water partition coefficient (Wildman–Crippen LogP) is 1.75. The summed E-state index contributed by atoms with van der Waals surface area (Å²) in [5.74, 6) is 0. The van der Waals surface area contributed by atoms with E-state index in [0.717, 1.165) is 19.4 Å². The summed E-state index contributed by atoms with van der Waals surface area (Å²) in [6.45, 7) is 1.42. The summed E-state index contributed by atoms with van der Waals surface area (Å²) in [6, 6.07) is 0.307. The van der Waals surface area contributed by atoms with Crippen molar-refractivity contribution < 1.29 is 13.2 Å². The van der Waals surface area contributed by atoms with Crippen molar-refractivity contribution in [3.63, 3.8) is 0 Å². The number of aromatic nitrogens is 2. The molecule has 1 aliphatic rings. The van der Waals surface area contributed by atoms with Crippen LogP contribution in [0, 0.1) is 0 Å². The number of piperidine rings is 1. The van der Waals surface area contributed by atoms with E-state index in [2.05, 4.69) is 15.5 Å². The molecular formula is C9H13F3N4S. The van der Waals surface area contributed by atoms with E-state index in [0.29, 0.717) is 29.1 Å². The van der Waals surface area contributed by atoms with Crippen LogP contribution in [-0.4, -0.2) is 36.4 Å². The molecule has 1 N–H and O–H groups in total. The Morgan fingerprint density at radius 2 is 2.18 bits per heavy atom. The summed E-state index contributed by atoms with van der Waals surface area (Å²) < 4.78 is 37.2. The average Bonchev–Trinajstić information content (AvgIpc) is 2.78. The zero-order valence-corrected chi connectivity index (χ0v) is 10.1. The molecule has 1 aromatic heterocycles. The predicted molar refractivity (Wildman–Crippen MR) is 59.2 cm³/mol. The van der Waals surface area contributed by atoms with Crippen LogP contribution in [0.25, 0.3) is 0 Å². The Kier molecular flexibility index (Phi) is 3.53. The van der Waals surface area contributed by atoms with Gasteiger partial charge in [-0.3, -0.25) is 0 Å². The first-order valence-corrected chi connectivity index (χ1v) is 6.15. The van der Waals surface area contributed by atoms with Crippen molar-refractivity contribution in [1.82, 2.24) is 15.5 Å². The van der Waals surface area contributed by atoms with Crippen molar-refractivity contribution in [1.29, 1.82) is 0 Å². The van der Waals surface area contributed by atoms with E-state index in [4.69, 9.17) is 0 Å². The average molecular weight is 266 g/mol. The largest absolute Gasteiger partial charge is 0.445 e. The van der Waals surface area contributed by atoms with Crippen molar-refractivity contribution in [2.75, 3.05) is 25.0 Å². The standard InChI is InChI=1S/C9H13F3N4S/c1-13-6-3-2-4-16(5-6)8-15-14-7(17-8)9(10,11)12/h6,13H,2-5H2,1H3. The van der Waals surface area contributed by atoms with Gasteiger partial charge >= 0.3 is 6.18 Å². The Morgan fingerprint density at radius 1 is 1.41 bits per heavy atom. The van der Waals surface area contributed by atoms with E-state index in [9.17, 15) is 13.2 Å². The molecule has 4 nitrogen and oxygen atoms in total. The van der Waals surface area contributed by atoms with Crippen molar-refractivity contribution in [2.24, 2.45) is 0 Å².